The van der Waals surface area contributed by atoms with Gasteiger partial charge >= 0.3 is 0 Å². The summed E-state index contributed by atoms with van der Waals surface area (Å²) in [5, 5.41) is 9.45. The molecule has 17 heavy (non-hydrogen) atoms. The maximum atomic E-state index is 9.45. The molecule has 0 saturated heterocycles. The first-order chi connectivity index (χ1) is 8.06. The highest BCUT2D eigenvalue weighted by Gasteiger charge is 2.31. The zero-order valence-corrected chi connectivity index (χ0v) is 11.0. The summed E-state index contributed by atoms with van der Waals surface area (Å²) >= 11 is 0. The second-order valence-electron chi connectivity index (χ2n) is 5.58. The van der Waals surface area contributed by atoms with Crippen molar-refractivity contribution in [2.45, 2.75) is 46.1 Å². The lowest BCUT2D eigenvalue weighted by Crippen LogP contribution is -2.28. The van der Waals surface area contributed by atoms with E-state index in [1.54, 1.807) is 0 Å². The van der Waals surface area contributed by atoms with Crippen molar-refractivity contribution in [3.63, 3.8) is 0 Å². The molecule has 1 aliphatic heterocycles. The predicted octanol–water partition coefficient (Wildman–Crippen LogP) is 3.10. The fourth-order valence-electron chi connectivity index (χ4n) is 2.43. The number of aliphatic hydroxyl groups is 1. The molecular formula is C15H22O2. The summed E-state index contributed by atoms with van der Waals surface area (Å²) in [5.41, 5.74) is 2.58. The molecule has 2 unspecified atom stereocenters. The van der Waals surface area contributed by atoms with Crippen molar-refractivity contribution in [3.05, 3.63) is 29.3 Å². The van der Waals surface area contributed by atoms with Crippen LogP contribution in [0.1, 0.15) is 37.8 Å². The molecule has 94 valence electrons. The van der Waals surface area contributed by atoms with Gasteiger partial charge in [-0.05, 0) is 36.8 Å². The minimum absolute atomic E-state index is 0.0121. The normalized spacial score (nSPS) is 21.8. The molecule has 0 fully saturated rings. The third kappa shape index (κ3) is 2.63. The standard InChI is InChI=1S/C15H22O2/c1-4-15(3,10-16)9-13-8-12-7-11(2)5-6-14(12)17-13/h5-7,13,16H,4,8-10H2,1-3H3. The number of ether oxygens (including phenoxy) is 1. The summed E-state index contributed by atoms with van der Waals surface area (Å²) in [5.74, 6) is 1.02. The molecule has 1 aromatic rings. The van der Waals surface area contributed by atoms with E-state index in [0.29, 0.717) is 0 Å². The smallest absolute Gasteiger partial charge is 0.123 e. The maximum Gasteiger partial charge on any atom is 0.123 e. The second kappa shape index (κ2) is 4.69. The molecule has 0 aliphatic carbocycles. The first-order valence-electron chi connectivity index (χ1n) is 6.43. The number of hydrogen-bond donors (Lipinski definition) is 1. The molecule has 1 N–H and O–H groups in total. The van der Waals surface area contributed by atoms with Crippen LogP contribution < -0.4 is 4.74 Å². The minimum Gasteiger partial charge on any atom is -0.490 e. The number of aryl methyl sites for hydroxylation is 1. The average molecular weight is 234 g/mol. The molecule has 2 rings (SSSR count). The van der Waals surface area contributed by atoms with E-state index in [-0.39, 0.29) is 18.1 Å². The van der Waals surface area contributed by atoms with E-state index in [4.69, 9.17) is 4.74 Å². The molecular weight excluding hydrogens is 212 g/mol. The highest BCUT2D eigenvalue weighted by atomic mass is 16.5. The van der Waals surface area contributed by atoms with Gasteiger partial charge in [0.1, 0.15) is 11.9 Å². The maximum absolute atomic E-state index is 9.45. The van der Waals surface area contributed by atoms with E-state index in [9.17, 15) is 5.11 Å². The van der Waals surface area contributed by atoms with Crippen LogP contribution in [0, 0.1) is 12.3 Å². The minimum atomic E-state index is -0.0121. The number of rotatable bonds is 4. The summed E-state index contributed by atoms with van der Waals surface area (Å²) in [6, 6.07) is 6.36. The van der Waals surface area contributed by atoms with Crippen LogP contribution in [0.3, 0.4) is 0 Å². The SMILES string of the molecule is CCC(C)(CO)CC1Cc2cc(C)ccc2O1. The molecule has 1 heterocycles. The zero-order valence-electron chi connectivity index (χ0n) is 11.0. The Morgan fingerprint density at radius 2 is 2.24 bits per heavy atom. The zero-order chi connectivity index (χ0) is 12.5. The van der Waals surface area contributed by atoms with Gasteiger partial charge in [0.2, 0.25) is 0 Å². The van der Waals surface area contributed by atoms with Crippen LogP contribution in [-0.2, 0) is 6.42 Å². The fourth-order valence-corrected chi connectivity index (χ4v) is 2.43. The molecule has 0 aromatic heterocycles. The lowest BCUT2D eigenvalue weighted by atomic mass is 9.82. The molecule has 0 saturated carbocycles. The average Bonchev–Trinajstić information content (AvgIpc) is 2.70. The molecule has 0 amide bonds. The van der Waals surface area contributed by atoms with Crippen molar-refractivity contribution in [1.29, 1.82) is 0 Å². The van der Waals surface area contributed by atoms with E-state index in [0.717, 1.165) is 25.0 Å². The van der Waals surface area contributed by atoms with Crippen LogP contribution in [0.25, 0.3) is 0 Å². The van der Waals surface area contributed by atoms with Crippen LogP contribution in [0.2, 0.25) is 0 Å². The Balaban J connectivity index is 2.05. The Kier molecular flexibility index (Phi) is 3.43. The first kappa shape index (κ1) is 12.4. The van der Waals surface area contributed by atoms with Crippen molar-refractivity contribution in [3.8, 4) is 5.75 Å². The van der Waals surface area contributed by atoms with Gasteiger partial charge in [0, 0.05) is 13.0 Å². The third-order valence-electron chi connectivity index (χ3n) is 3.91. The number of hydrogen-bond acceptors (Lipinski definition) is 2. The van der Waals surface area contributed by atoms with Crippen LogP contribution >= 0.6 is 0 Å². The summed E-state index contributed by atoms with van der Waals surface area (Å²) in [6.07, 6.45) is 3.11. The van der Waals surface area contributed by atoms with E-state index >= 15 is 0 Å². The second-order valence-corrected chi connectivity index (χ2v) is 5.58. The van der Waals surface area contributed by atoms with Gasteiger partial charge in [0.05, 0.1) is 0 Å². The van der Waals surface area contributed by atoms with E-state index < -0.39 is 0 Å². The van der Waals surface area contributed by atoms with Gasteiger partial charge in [-0.15, -0.1) is 0 Å². The number of fused-ring (bicyclic) bond motifs is 1. The van der Waals surface area contributed by atoms with Gasteiger partial charge in [-0.1, -0.05) is 31.5 Å². The topological polar surface area (TPSA) is 29.5 Å². The van der Waals surface area contributed by atoms with E-state index in [1.165, 1.54) is 11.1 Å². The van der Waals surface area contributed by atoms with Gasteiger partial charge in [-0.2, -0.15) is 0 Å². The third-order valence-corrected chi connectivity index (χ3v) is 3.91. The highest BCUT2D eigenvalue weighted by Crippen LogP contribution is 2.36. The summed E-state index contributed by atoms with van der Waals surface area (Å²) in [6.45, 7) is 6.60. The molecule has 0 bridgehead atoms. The Labute approximate surface area is 104 Å². The Bertz CT molecular complexity index is 394. The van der Waals surface area contributed by atoms with E-state index in [2.05, 4.69) is 39.0 Å². The Morgan fingerprint density at radius 1 is 1.47 bits per heavy atom. The molecule has 2 atom stereocenters. The summed E-state index contributed by atoms with van der Waals surface area (Å²) < 4.78 is 5.95. The summed E-state index contributed by atoms with van der Waals surface area (Å²) in [7, 11) is 0. The van der Waals surface area contributed by atoms with Gasteiger partial charge in [-0.25, -0.2) is 0 Å². The van der Waals surface area contributed by atoms with Gasteiger partial charge in [0.25, 0.3) is 0 Å². The number of aliphatic hydroxyl groups excluding tert-OH is 1. The largest absolute Gasteiger partial charge is 0.490 e. The van der Waals surface area contributed by atoms with Crippen molar-refractivity contribution in [1.82, 2.24) is 0 Å². The fraction of sp³-hybridized carbons (Fsp3) is 0.600. The van der Waals surface area contributed by atoms with Crippen molar-refractivity contribution >= 4 is 0 Å². The van der Waals surface area contributed by atoms with Crippen molar-refractivity contribution < 1.29 is 9.84 Å². The van der Waals surface area contributed by atoms with Crippen LogP contribution in [-0.4, -0.2) is 17.8 Å². The summed E-state index contributed by atoms with van der Waals surface area (Å²) in [4.78, 5) is 0. The molecule has 0 spiro atoms. The highest BCUT2D eigenvalue weighted by molar-refractivity contribution is 5.40. The first-order valence-corrected chi connectivity index (χ1v) is 6.43. The van der Waals surface area contributed by atoms with Gasteiger partial charge < -0.3 is 9.84 Å². The predicted molar refractivity (Wildman–Crippen MR) is 69.4 cm³/mol. The lowest BCUT2D eigenvalue weighted by molar-refractivity contribution is 0.0794. The van der Waals surface area contributed by atoms with E-state index in [1.807, 2.05) is 0 Å². The number of benzene rings is 1. The Hall–Kier alpha value is -1.02. The molecule has 2 heteroatoms. The molecule has 0 radical (unpaired) electrons. The lowest BCUT2D eigenvalue weighted by Gasteiger charge is -2.28. The van der Waals surface area contributed by atoms with Gasteiger partial charge in [-0.3, -0.25) is 0 Å². The molecule has 1 aromatic carbocycles. The monoisotopic (exact) mass is 234 g/mol. The molecule has 2 nitrogen and oxygen atoms in total. The van der Waals surface area contributed by atoms with Crippen LogP contribution in [0.5, 0.6) is 5.75 Å². The van der Waals surface area contributed by atoms with Crippen molar-refractivity contribution in [2.75, 3.05) is 6.61 Å². The van der Waals surface area contributed by atoms with Crippen LogP contribution in [0.4, 0.5) is 0 Å². The van der Waals surface area contributed by atoms with Gasteiger partial charge in [0.15, 0.2) is 0 Å². The Morgan fingerprint density at radius 3 is 2.88 bits per heavy atom. The quantitative estimate of drug-likeness (QED) is 0.867. The van der Waals surface area contributed by atoms with Crippen molar-refractivity contribution in [2.24, 2.45) is 5.41 Å². The van der Waals surface area contributed by atoms with Crippen LogP contribution in [0.15, 0.2) is 18.2 Å². The molecule has 1 aliphatic rings.